The normalized spacial score (nSPS) is 14.5. The van der Waals surface area contributed by atoms with Crippen molar-refractivity contribution in [2.45, 2.75) is 13.3 Å². The number of rotatable bonds is 4. The Bertz CT molecular complexity index is 531. The van der Waals surface area contributed by atoms with Crippen molar-refractivity contribution in [2.75, 3.05) is 39.3 Å². The summed E-state index contributed by atoms with van der Waals surface area (Å²) in [4.78, 5) is 15.5. The molecule has 7 heteroatoms. The highest BCUT2D eigenvalue weighted by Gasteiger charge is 2.22. The minimum absolute atomic E-state index is 0.242. The molecule has 1 N–H and O–H groups in total. The zero-order valence-corrected chi connectivity index (χ0v) is 14.8. The molecule has 1 saturated heterocycles. The zero-order chi connectivity index (χ0) is 16.7. The van der Waals surface area contributed by atoms with Crippen LogP contribution in [0.15, 0.2) is 24.3 Å². The van der Waals surface area contributed by atoms with Crippen LogP contribution in [-0.4, -0.2) is 60.3 Å². The Morgan fingerprint density at radius 1 is 1.22 bits per heavy atom. The van der Waals surface area contributed by atoms with Gasteiger partial charge in [-0.25, -0.2) is 4.79 Å². The average molecular weight is 356 g/mol. The number of amides is 1. The van der Waals surface area contributed by atoms with Crippen LogP contribution < -0.4 is 5.32 Å². The molecule has 2 rings (SSSR count). The number of benzene rings is 1. The number of nitrogens with zero attached hydrogens (tertiary/aromatic N) is 2. The molecule has 0 bridgehead atoms. The van der Waals surface area contributed by atoms with Crippen LogP contribution in [0.4, 0.5) is 4.79 Å². The number of thiocarbonyl (C=S) groups is 1. The number of hydrogen-bond acceptors (Lipinski definition) is 3. The number of ether oxygens (including phenoxy) is 1. The van der Waals surface area contributed by atoms with Crippen LogP contribution in [0.2, 0.25) is 5.02 Å². The zero-order valence-electron chi connectivity index (χ0n) is 13.3. The van der Waals surface area contributed by atoms with Gasteiger partial charge >= 0.3 is 6.09 Å². The Morgan fingerprint density at radius 2 is 1.83 bits per heavy atom. The summed E-state index contributed by atoms with van der Waals surface area (Å²) >= 11 is 11.3. The van der Waals surface area contributed by atoms with Crippen molar-refractivity contribution in [2.24, 2.45) is 0 Å². The first kappa shape index (κ1) is 17.8. The molecule has 0 atom stereocenters. The third-order valence-electron chi connectivity index (χ3n) is 3.70. The van der Waals surface area contributed by atoms with Gasteiger partial charge in [0.25, 0.3) is 0 Å². The fourth-order valence-electron chi connectivity index (χ4n) is 2.38. The maximum Gasteiger partial charge on any atom is 0.409 e. The van der Waals surface area contributed by atoms with Gasteiger partial charge in [0.05, 0.1) is 6.61 Å². The largest absolute Gasteiger partial charge is 0.450 e. The van der Waals surface area contributed by atoms with Crippen molar-refractivity contribution < 1.29 is 9.53 Å². The van der Waals surface area contributed by atoms with Crippen molar-refractivity contribution in [1.82, 2.24) is 15.1 Å². The van der Waals surface area contributed by atoms with E-state index in [0.717, 1.165) is 36.2 Å². The van der Waals surface area contributed by atoms with Crippen molar-refractivity contribution in [1.29, 1.82) is 0 Å². The van der Waals surface area contributed by atoms with Crippen molar-refractivity contribution in [3.8, 4) is 0 Å². The average Bonchev–Trinajstić information content (AvgIpc) is 2.57. The van der Waals surface area contributed by atoms with Crippen molar-refractivity contribution in [3.63, 3.8) is 0 Å². The highest BCUT2D eigenvalue weighted by atomic mass is 35.5. The number of hydrogen-bond donors (Lipinski definition) is 1. The maximum absolute atomic E-state index is 11.7. The fraction of sp³-hybridized carbons (Fsp3) is 0.500. The summed E-state index contributed by atoms with van der Waals surface area (Å²) < 4.78 is 5.01. The van der Waals surface area contributed by atoms with Gasteiger partial charge in [-0.2, -0.15) is 0 Å². The van der Waals surface area contributed by atoms with Gasteiger partial charge in [-0.05, 0) is 43.3 Å². The van der Waals surface area contributed by atoms with Crippen LogP contribution >= 0.6 is 23.8 Å². The molecule has 1 amide bonds. The topological polar surface area (TPSA) is 44.8 Å². The predicted octanol–water partition coefficient (Wildman–Crippen LogP) is 2.53. The summed E-state index contributed by atoms with van der Waals surface area (Å²) in [6.07, 6.45) is 0.647. The Morgan fingerprint density at radius 3 is 2.43 bits per heavy atom. The minimum atomic E-state index is -0.242. The van der Waals surface area contributed by atoms with E-state index in [1.807, 2.05) is 31.2 Å². The summed E-state index contributed by atoms with van der Waals surface area (Å²) in [5.74, 6) is 0. The molecule has 1 aliphatic heterocycles. The Hall–Kier alpha value is -1.53. The fourth-order valence-corrected chi connectivity index (χ4v) is 2.79. The van der Waals surface area contributed by atoms with Crippen LogP contribution in [0, 0.1) is 0 Å². The molecule has 0 unspecified atom stereocenters. The first-order valence-electron chi connectivity index (χ1n) is 7.79. The number of carbonyl (C=O) groups is 1. The van der Waals surface area contributed by atoms with E-state index in [-0.39, 0.29) is 6.09 Å². The molecule has 5 nitrogen and oxygen atoms in total. The van der Waals surface area contributed by atoms with E-state index in [1.54, 1.807) is 4.90 Å². The second-order valence-corrected chi connectivity index (χ2v) is 6.10. The molecule has 0 aliphatic carbocycles. The van der Waals surface area contributed by atoms with E-state index in [4.69, 9.17) is 28.6 Å². The smallest absolute Gasteiger partial charge is 0.409 e. The van der Waals surface area contributed by atoms with E-state index in [2.05, 4.69) is 10.2 Å². The molecular weight excluding hydrogens is 334 g/mol. The van der Waals surface area contributed by atoms with Gasteiger partial charge in [0.2, 0.25) is 0 Å². The molecule has 1 aromatic carbocycles. The third-order valence-corrected chi connectivity index (χ3v) is 4.35. The van der Waals surface area contributed by atoms with E-state index in [1.165, 1.54) is 5.56 Å². The summed E-state index contributed by atoms with van der Waals surface area (Å²) in [7, 11) is 0. The van der Waals surface area contributed by atoms with Crippen LogP contribution in [0.3, 0.4) is 0 Å². The van der Waals surface area contributed by atoms with E-state index < -0.39 is 0 Å². The van der Waals surface area contributed by atoms with E-state index in [9.17, 15) is 4.79 Å². The lowest BCUT2D eigenvalue weighted by molar-refractivity contribution is 0.0919. The lowest BCUT2D eigenvalue weighted by Gasteiger charge is -2.35. The van der Waals surface area contributed by atoms with Gasteiger partial charge in [-0.1, -0.05) is 23.7 Å². The van der Waals surface area contributed by atoms with Gasteiger partial charge in [-0.3, -0.25) is 0 Å². The van der Waals surface area contributed by atoms with Crippen LogP contribution in [0.1, 0.15) is 12.5 Å². The number of carbonyl (C=O) groups excluding carboxylic acids is 1. The van der Waals surface area contributed by atoms with Gasteiger partial charge in [0.1, 0.15) is 0 Å². The number of piperazine rings is 1. The molecule has 1 aromatic rings. The quantitative estimate of drug-likeness (QED) is 0.841. The highest BCUT2D eigenvalue weighted by Crippen LogP contribution is 2.09. The SMILES string of the molecule is CCOC(=O)N1CCN(C(=S)NCCc2ccc(Cl)cc2)CC1. The van der Waals surface area contributed by atoms with Crippen LogP contribution in [-0.2, 0) is 11.2 Å². The van der Waals surface area contributed by atoms with E-state index in [0.29, 0.717) is 19.7 Å². The molecule has 1 aliphatic rings. The summed E-state index contributed by atoms with van der Waals surface area (Å²) in [5.41, 5.74) is 1.22. The summed E-state index contributed by atoms with van der Waals surface area (Å²) in [6, 6.07) is 7.82. The Balaban J connectivity index is 1.68. The van der Waals surface area contributed by atoms with Gasteiger partial charge in [0.15, 0.2) is 5.11 Å². The third kappa shape index (κ3) is 5.55. The monoisotopic (exact) mass is 355 g/mol. The van der Waals surface area contributed by atoms with Gasteiger partial charge < -0.3 is 19.9 Å². The molecule has 0 aromatic heterocycles. The van der Waals surface area contributed by atoms with Crippen molar-refractivity contribution in [3.05, 3.63) is 34.9 Å². The molecule has 0 saturated carbocycles. The Labute approximate surface area is 147 Å². The van der Waals surface area contributed by atoms with Crippen molar-refractivity contribution >= 4 is 35.0 Å². The molecular formula is C16H22ClN3O2S. The van der Waals surface area contributed by atoms with E-state index >= 15 is 0 Å². The first-order valence-corrected chi connectivity index (χ1v) is 8.57. The lowest BCUT2D eigenvalue weighted by atomic mass is 10.1. The minimum Gasteiger partial charge on any atom is -0.450 e. The molecule has 0 spiro atoms. The first-order chi connectivity index (χ1) is 11.1. The molecule has 23 heavy (non-hydrogen) atoms. The molecule has 1 fully saturated rings. The maximum atomic E-state index is 11.7. The molecule has 1 heterocycles. The van der Waals surface area contributed by atoms with Gasteiger partial charge in [0, 0.05) is 37.7 Å². The van der Waals surface area contributed by atoms with Crippen LogP contribution in [0.25, 0.3) is 0 Å². The summed E-state index contributed by atoms with van der Waals surface area (Å²) in [6.45, 7) is 5.73. The molecule has 0 radical (unpaired) electrons. The highest BCUT2D eigenvalue weighted by molar-refractivity contribution is 7.80. The molecule has 126 valence electrons. The van der Waals surface area contributed by atoms with Gasteiger partial charge in [-0.15, -0.1) is 0 Å². The standard InChI is InChI=1S/C16H22ClN3O2S/c1-2-22-16(21)20-11-9-19(10-12-20)15(23)18-8-7-13-3-5-14(17)6-4-13/h3-6H,2,7-12H2,1H3,(H,18,23). The Kier molecular flexibility index (Phi) is 6.92. The number of halogens is 1. The van der Waals surface area contributed by atoms with Crippen LogP contribution in [0.5, 0.6) is 0 Å². The lowest BCUT2D eigenvalue weighted by Crippen LogP contribution is -2.53. The second kappa shape index (κ2) is 8.93. The second-order valence-electron chi connectivity index (χ2n) is 5.28. The predicted molar refractivity (Wildman–Crippen MR) is 95.9 cm³/mol. The number of nitrogens with one attached hydrogen (secondary N) is 1. The summed E-state index contributed by atoms with van der Waals surface area (Å²) in [5, 5.41) is 4.76.